The molecule has 0 spiro atoms. The number of sulfone groups is 1. The van der Waals surface area contributed by atoms with Gasteiger partial charge in [0.05, 0.1) is 35.2 Å². The first-order chi connectivity index (χ1) is 22.9. The summed E-state index contributed by atoms with van der Waals surface area (Å²) >= 11 is 0. The van der Waals surface area contributed by atoms with E-state index in [0.717, 1.165) is 17.2 Å². The number of rotatable bonds is 14. The molecule has 2 amide bonds. The molecule has 4 N–H and O–H groups in total. The molecule has 0 bridgehead atoms. The van der Waals surface area contributed by atoms with E-state index in [0.29, 0.717) is 24.6 Å². The minimum atomic E-state index is -4.16. The van der Waals surface area contributed by atoms with Gasteiger partial charge < -0.3 is 20.5 Å². The fourth-order valence-corrected chi connectivity index (χ4v) is 8.77. The van der Waals surface area contributed by atoms with Gasteiger partial charge in [0.25, 0.3) is 0 Å². The van der Waals surface area contributed by atoms with E-state index >= 15 is 0 Å². The second kappa shape index (κ2) is 16.1. The molecule has 3 aromatic carbocycles. The van der Waals surface area contributed by atoms with Gasteiger partial charge in [-0.15, -0.1) is 0 Å². The SMILES string of the molecule is COC1CCC(C(=O)NC(C)(C)C)C(C[C@@H](O)[C@H](Cc2ccccc2)NC(=O)[C@@H](CS(=O)(=O)c2ccc3ccccc3c2)NS(C)(=O)=O)C1. The number of sulfonamides is 1. The number of aliphatic hydroxyl groups excluding tert-OH is 1. The molecule has 0 heterocycles. The van der Waals surface area contributed by atoms with Gasteiger partial charge in [-0.1, -0.05) is 60.7 Å². The Labute approximate surface area is 290 Å². The van der Waals surface area contributed by atoms with E-state index in [2.05, 4.69) is 15.4 Å². The van der Waals surface area contributed by atoms with Crippen molar-refractivity contribution in [3.63, 3.8) is 0 Å². The van der Waals surface area contributed by atoms with Crippen LogP contribution < -0.4 is 15.4 Å². The Morgan fingerprint density at radius 2 is 1.59 bits per heavy atom. The van der Waals surface area contributed by atoms with E-state index in [1.165, 1.54) is 12.1 Å². The number of nitrogens with one attached hydrogen (secondary N) is 3. The summed E-state index contributed by atoms with van der Waals surface area (Å²) in [4.78, 5) is 27.2. The number of ether oxygens (including phenoxy) is 1. The first-order valence-corrected chi connectivity index (χ1v) is 20.0. The number of amides is 2. The van der Waals surface area contributed by atoms with E-state index < -0.39 is 55.2 Å². The van der Waals surface area contributed by atoms with Crippen molar-refractivity contribution in [1.29, 1.82) is 0 Å². The van der Waals surface area contributed by atoms with Crippen LogP contribution in [0.4, 0.5) is 0 Å². The lowest BCUT2D eigenvalue weighted by molar-refractivity contribution is -0.132. The number of methoxy groups -OCH3 is 1. The second-order valence-electron chi connectivity index (χ2n) is 14.1. The summed E-state index contributed by atoms with van der Waals surface area (Å²) in [5, 5.41) is 19.1. The topological polar surface area (TPSA) is 168 Å². The van der Waals surface area contributed by atoms with Crippen molar-refractivity contribution in [2.75, 3.05) is 19.1 Å². The number of fused-ring (bicyclic) bond motifs is 1. The molecule has 49 heavy (non-hydrogen) atoms. The molecule has 1 aliphatic rings. The van der Waals surface area contributed by atoms with Gasteiger partial charge in [0.2, 0.25) is 21.8 Å². The highest BCUT2D eigenvalue weighted by Gasteiger charge is 2.39. The molecular formula is C36H49N3O8S2. The van der Waals surface area contributed by atoms with E-state index in [1.54, 1.807) is 25.3 Å². The lowest BCUT2D eigenvalue weighted by atomic mass is 9.73. The third kappa shape index (κ3) is 11.3. The maximum Gasteiger partial charge on any atom is 0.239 e. The molecule has 0 aliphatic heterocycles. The number of hydrogen-bond donors (Lipinski definition) is 4. The number of aliphatic hydroxyl groups is 1. The lowest BCUT2D eigenvalue weighted by Gasteiger charge is -2.38. The van der Waals surface area contributed by atoms with Gasteiger partial charge in [0, 0.05) is 18.6 Å². The predicted molar refractivity (Wildman–Crippen MR) is 190 cm³/mol. The zero-order valence-corrected chi connectivity index (χ0v) is 30.4. The van der Waals surface area contributed by atoms with Gasteiger partial charge in [-0.05, 0) is 87.3 Å². The molecule has 1 saturated carbocycles. The minimum absolute atomic E-state index is 0.0512. The van der Waals surface area contributed by atoms with Crippen LogP contribution in [-0.2, 0) is 40.6 Å². The average Bonchev–Trinajstić information content (AvgIpc) is 3.02. The summed E-state index contributed by atoms with van der Waals surface area (Å²) in [5.74, 6) is -2.51. The molecule has 1 fully saturated rings. The van der Waals surface area contributed by atoms with Crippen molar-refractivity contribution in [1.82, 2.24) is 15.4 Å². The molecule has 3 aromatic rings. The highest BCUT2D eigenvalue weighted by atomic mass is 32.2. The lowest BCUT2D eigenvalue weighted by Crippen LogP contribution is -2.55. The van der Waals surface area contributed by atoms with Gasteiger partial charge in [0.15, 0.2) is 9.84 Å². The molecule has 4 rings (SSSR count). The smallest absolute Gasteiger partial charge is 0.239 e. The fraction of sp³-hybridized carbons (Fsp3) is 0.500. The summed E-state index contributed by atoms with van der Waals surface area (Å²) < 4.78 is 59.8. The predicted octanol–water partition coefficient (Wildman–Crippen LogP) is 3.36. The Bertz CT molecular complexity index is 1810. The zero-order chi connectivity index (χ0) is 36.0. The molecule has 0 radical (unpaired) electrons. The summed E-state index contributed by atoms with van der Waals surface area (Å²) in [6.45, 7) is 5.71. The highest BCUT2D eigenvalue weighted by molar-refractivity contribution is 7.91. The largest absolute Gasteiger partial charge is 0.391 e. The highest BCUT2D eigenvalue weighted by Crippen LogP contribution is 2.36. The van der Waals surface area contributed by atoms with Crippen LogP contribution >= 0.6 is 0 Å². The van der Waals surface area contributed by atoms with Crippen molar-refractivity contribution in [2.24, 2.45) is 11.8 Å². The zero-order valence-electron chi connectivity index (χ0n) is 28.8. The normalized spacial score (nSPS) is 20.7. The number of benzene rings is 3. The van der Waals surface area contributed by atoms with Crippen LogP contribution in [-0.4, -0.2) is 82.7 Å². The van der Waals surface area contributed by atoms with E-state index in [9.17, 15) is 31.5 Å². The summed E-state index contributed by atoms with van der Waals surface area (Å²) in [6, 6.07) is 18.3. The summed E-state index contributed by atoms with van der Waals surface area (Å²) in [5.41, 5.74) is 0.348. The Balaban J connectivity index is 1.61. The van der Waals surface area contributed by atoms with Crippen LogP contribution in [0, 0.1) is 11.8 Å². The maximum absolute atomic E-state index is 13.9. The first-order valence-electron chi connectivity index (χ1n) is 16.5. The number of carbonyl (C=O) groups excluding carboxylic acids is 2. The van der Waals surface area contributed by atoms with Crippen molar-refractivity contribution in [3.05, 3.63) is 78.4 Å². The number of hydrogen-bond acceptors (Lipinski definition) is 8. The molecule has 11 nitrogen and oxygen atoms in total. The molecular weight excluding hydrogens is 667 g/mol. The quantitative estimate of drug-likeness (QED) is 0.197. The average molecular weight is 716 g/mol. The fourth-order valence-electron chi connectivity index (χ4n) is 6.51. The van der Waals surface area contributed by atoms with Gasteiger partial charge in [-0.3, -0.25) is 9.59 Å². The van der Waals surface area contributed by atoms with Gasteiger partial charge >= 0.3 is 0 Å². The summed E-state index contributed by atoms with van der Waals surface area (Å²) in [6.07, 6.45) is 1.72. The molecule has 0 aromatic heterocycles. The molecule has 1 aliphatic carbocycles. The Morgan fingerprint density at radius 1 is 0.939 bits per heavy atom. The van der Waals surface area contributed by atoms with Crippen molar-refractivity contribution in [3.8, 4) is 0 Å². The summed E-state index contributed by atoms with van der Waals surface area (Å²) in [7, 11) is -6.57. The van der Waals surface area contributed by atoms with E-state index in [-0.39, 0.29) is 41.6 Å². The van der Waals surface area contributed by atoms with Gasteiger partial charge in [0.1, 0.15) is 6.04 Å². The monoisotopic (exact) mass is 715 g/mol. The third-order valence-electron chi connectivity index (χ3n) is 8.88. The van der Waals surface area contributed by atoms with Crippen LogP contribution in [0.2, 0.25) is 0 Å². The van der Waals surface area contributed by atoms with E-state index in [4.69, 9.17) is 4.74 Å². The van der Waals surface area contributed by atoms with Crippen molar-refractivity contribution >= 4 is 42.4 Å². The maximum atomic E-state index is 13.9. The van der Waals surface area contributed by atoms with Crippen LogP contribution in [0.1, 0.15) is 52.0 Å². The van der Waals surface area contributed by atoms with Gasteiger partial charge in [-0.25, -0.2) is 21.6 Å². The Kier molecular flexibility index (Phi) is 12.6. The van der Waals surface area contributed by atoms with Crippen LogP contribution in [0.25, 0.3) is 10.8 Å². The van der Waals surface area contributed by atoms with Crippen LogP contribution in [0.3, 0.4) is 0 Å². The molecule has 0 saturated heterocycles. The molecule has 268 valence electrons. The van der Waals surface area contributed by atoms with Crippen molar-refractivity contribution in [2.45, 2.75) is 87.6 Å². The first kappa shape index (κ1) is 38.4. The van der Waals surface area contributed by atoms with E-state index in [1.807, 2.05) is 63.2 Å². The van der Waals surface area contributed by atoms with Crippen LogP contribution in [0.5, 0.6) is 0 Å². The Morgan fingerprint density at radius 3 is 2.22 bits per heavy atom. The standard InChI is InChI=1S/C36H49N3O8S2/c1-36(2,3)38-34(41)30-18-16-28(47-4)20-27(30)22-33(40)31(19-24-11-7-6-8-12-24)37-35(42)32(39-48(5,43)44)23-49(45,46)29-17-15-25-13-9-10-14-26(25)21-29/h6-15,17,21,27-28,30-33,39-40H,16,18-20,22-23H2,1-5H3,(H,37,42)(H,38,41)/t27?,28?,30?,31-,32+,33+/m0/s1. The number of carbonyl (C=O) groups is 2. The third-order valence-corrected chi connectivity index (χ3v) is 11.3. The molecule has 3 unspecified atom stereocenters. The Hall–Kier alpha value is -3.36. The second-order valence-corrected chi connectivity index (χ2v) is 17.9. The van der Waals surface area contributed by atoms with Crippen LogP contribution in [0.15, 0.2) is 77.7 Å². The molecule has 6 atom stereocenters. The molecule has 13 heteroatoms. The van der Waals surface area contributed by atoms with Gasteiger partial charge in [-0.2, -0.15) is 0 Å². The minimum Gasteiger partial charge on any atom is -0.391 e. The van der Waals surface area contributed by atoms with Crippen molar-refractivity contribution < 1.29 is 36.3 Å².